The average Bonchev–Trinajstić information content (AvgIpc) is 2.58. The third-order valence-corrected chi connectivity index (χ3v) is 2.60. The fourth-order valence-electron chi connectivity index (χ4n) is 1.66. The Morgan fingerprint density at radius 3 is 2.82 bits per heavy atom. The molecule has 0 aromatic carbocycles. The zero-order valence-electron chi connectivity index (χ0n) is 9.71. The summed E-state index contributed by atoms with van der Waals surface area (Å²) in [5, 5.41) is 4.30. The first kappa shape index (κ1) is 11.7. The molecule has 0 amide bonds. The second-order valence-corrected chi connectivity index (χ2v) is 4.18. The van der Waals surface area contributed by atoms with E-state index in [0.29, 0.717) is 17.2 Å². The summed E-state index contributed by atoms with van der Waals surface area (Å²) < 4.78 is 1.81. The lowest BCUT2D eigenvalue weighted by Gasteiger charge is -2.07. The molecule has 0 saturated carbocycles. The summed E-state index contributed by atoms with van der Waals surface area (Å²) >= 11 is 4.97. The Hall–Kier alpha value is -1.82. The largest absolute Gasteiger partial charge is 0.388 e. The summed E-state index contributed by atoms with van der Waals surface area (Å²) in [6.45, 7) is 4.35. The number of rotatable bonds is 3. The van der Waals surface area contributed by atoms with Crippen LogP contribution in [0.3, 0.4) is 0 Å². The number of thiocarbonyl (C=S) groups is 1. The van der Waals surface area contributed by atoms with E-state index in [1.807, 2.05) is 30.7 Å². The maximum Gasteiger partial charge on any atom is 0.147 e. The maximum atomic E-state index is 5.64. The van der Waals surface area contributed by atoms with Gasteiger partial charge in [-0.25, -0.2) is 9.67 Å². The lowest BCUT2D eigenvalue weighted by atomic mass is 10.2. The number of hydrogen-bond donors (Lipinski definition) is 1. The van der Waals surface area contributed by atoms with Crippen LogP contribution < -0.4 is 5.73 Å². The molecule has 0 saturated heterocycles. The van der Waals surface area contributed by atoms with E-state index in [1.54, 1.807) is 6.20 Å². The van der Waals surface area contributed by atoms with Crippen molar-refractivity contribution in [2.45, 2.75) is 20.4 Å². The molecule has 2 aromatic heterocycles. The molecule has 2 N–H and O–H groups in total. The quantitative estimate of drug-likeness (QED) is 0.818. The third-order valence-electron chi connectivity index (χ3n) is 2.41. The van der Waals surface area contributed by atoms with Crippen LogP contribution in [0.5, 0.6) is 0 Å². The van der Waals surface area contributed by atoms with Crippen LogP contribution in [0, 0.1) is 13.8 Å². The van der Waals surface area contributed by atoms with Crippen molar-refractivity contribution in [3.8, 4) is 0 Å². The summed E-state index contributed by atoms with van der Waals surface area (Å²) in [6, 6.07) is 3.80. The van der Waals surface area contributed by atoms with Gasteiger partial charge in [-0.1, -0.05) is 18.3 Å². The number of aryl methyl sites for hydroxylation is 2. The van der Waals surface area contributed by atoms with Gasteiger partial charge in [-0.3, -0.25) is 4.98 Å². The average molecular weight is 247 g/mol. The van der Waals surface area contributed by atoms with Gasteiger partial charge in [0, 0.05) is 11.8 Å². The van der Waals surface area contributed by atoms with Crippen molar-refractivity contribution in [2.24, 2.45) is 5.73 Å². The van der Waals surface area contributed by atoms with Gasteiger partial charge in [-0.15, -0.1) is 0 Å². The summed E-state index contributed by atoms with van der Waals surface area (Å²) in [7, 11) is 0. The fraction of sp³-hybridized carbons (Fsp3) is 0.273. The highest BCUT2D eigenvalue weighted by Gasteiger charge is 2.09. The topological polar surface area (TPSA) is 69.6 Å². The number of nitrogens with two attached hydrogens (primary N) is 1. The zero-order valence-corrected chi connectivity index (χ0v) is 10.5. The fourth-order valence-corrected chi connectivity index (χ4v) is 1.84. The van der Waals surface area contributed by atoms with Gasteiger partial charge in [0.25, 0.3) is 0 Å². The summed E-state index contributed by atoms with van der Waals surface area (Å²) in [5.41, 5.74) is 7.24. The van der Waals surface area contributed by atoms with Crippen LogP contribution >= 0.6 is 12.2 Å². The van der Waals surface area contributed by atoms with Crippen LogP contribution in [0.1, 0.15) is 22.9 Å². The van der Waals surface area contributed by atoms with E-state index in [0.717, 1.165) is 17.2 Å². The van der Waals surface area contributed by atoms with Gasteiger partial charge in [0.2, 0.25) is 0 Å². The first-order valence-corrected chi connectivity index (χ1v) is 5.60. The molecule has 0 aliphatic rings. The lowest BCUT2D eigenvalue weighted by Crippen LogP contribution is -2.16. The summed E-state index contributed by atoms with van der Waals surface area (Å²) in [6.07, 6.45) is 1.68. The molecule has 0 bridgehead atoms. The first-order chi connectivity index (χ1) is 8.08. The number of nitrogens with zero attached hydrogens (tertiary/aromatic N) is 4. The molecule has 0 unspecified atom stereocenters. The molecule has 0 radical (unpaired) electrons. The zero-order chi connectivity index (χ0) is 12.4. The highest BCUT2D eigenvalue weighted by atomic mass is 32.1. The van der Waals surface area contributed by atoms with Crippen LogP contribution in [-0.4, -0.2) is 24.7 Å². The van der Waals surface area contributed by atoms with E-state index in [2.05, 4.69) is 15.1 Å². The molecule has 0 spiro atoms. The minimum atomic E-state index is 0.301. The number of hydrogen-bond acceptors (Lipinski definition) is 4. The Kier molecular flexibility index (Phi) is 3.14. The normalized spacial score (nSPS) is 10.5. The van der Waals surface area contributed by atoms with Gasteiger partial charge < -0.3 is 5.73 Å². The van der Waals surface area contributed by atoms with Gasteiger partial charge in [0.05, 0.1) is 6.54 Å². The van der Waals surface area contributed by atoms with E-state index in [1.165, 1.54) is 0 Å². The van der Waals surface area contributed by atoms with Crippen molar-refractivity contribution >= 4 is 17.2 Å². The Morgan fingerprint density at radius 1 is 1.47 bits per heavy atom. The van der Waals surface area contributed by atoms with Crippen molar-refractivity contribution in [1.82, 2.24) is 19.7 Å². The van der Waals surface area contributed by atoms with Crippen molar-refractivity contribution in [3.05, 3.63) is 41.2 Å². The second-order valence-electron chi connectivity index (χ2n) is 3.74. The summed E-state index contributed by atoms with van der Waals surface area (Å²) in [4.78, 5) is 8.73. The predicted molar refractivity (Wildman–Crippen MR) is 68.7 cm³/mol. The molecule has 2 heterocycles. The standard InChI is InChI=1S/C11H13N5S/c1-7-14-8(2)16(15-7)6-9-4-3-5-13-10(9)11(12)17/h3-5H,6H2,1-2H3,(H2,12,17). The Labute approximate surface area is 105 Å². The second kappa shape index (κ2) is 4.58. The van der Waals surface area contributed by atoms with E-state index in [4.69, 9.17) is 18.0 Å². The van der Waals surface area contributed by atoms with Crippen LogP contribution in [-0.2, 0) is 6.54 Å². The highest BCUT2D eigenvalue weighted by molar-refractivity contribution is 7.80. The number of aromatic nitrogens is 4. The molecule has 0 atom stereocenters. The van der Waals surface area contributed by atoms with Gasteiger partial charge in [-0.2, -0.15) is 5.10 Å². The lowest BCUT2D eigenvalue weighted by molar-refractivity contribution is 0.654. The Morgan fingerprint density at radius 2 is 2.24 bits per heavy atom. The molecule has 0 fully saturated rings. The minimum absolute atomic E-state index is 0.301. The highest BCUT2D eigenvalue weighted by Crippen LogP contribution is 2.08. The Balaban J connectivity index is 2.36. The monoisotopic (exact) mass is 247 g/mol. The van der Waals surface area contributed by atoms with E-state index in [-0.39, 0.29) is 0 Å². The Bertz CT molecular complexity index is 561. The molecule has 88 valence electrons. The van der Waals surface area contributed by atoms with E-state index >= 15 is 0 Å². The molecule has 2 aromatic rings. The molecule has 0 aliphatic carbocycles. The molecule has 6 heteroatoms. The van der Waals surface area contributed by atoms with Crippen molar-refractivity contribution in [3.63, 3.8) is 0 Å². The summed E-state index contributed by atoms with van der Waals surface area (Å²) in [5.74, 6) is 1.61. The van der Waals surface area contributed by atoms with Gasteiger partial charge in [0.1, 0.15) is 22.3 Å². The van der Waals surface area contributed by atoms with Crippen LogP contribution in [0.2, 0.25) is 0 Å². The van der Waals surface area contributed by atoms with Crippen molar-refractivity contribution < 1.29 is 0 Å². The maximum absolute atomic E-state index is 5.64. The number of pyridine rings is 1. The SMILES string of the molecule is Cc1nc(C)n(Cc2cccnc2C(N)=S)n1. The smallest absolute Gasteiger partial charge is 0.147 e. The van der Waals surface area contributed by atoms with Crippen molar-refractivity contribution in [2.75, 3.05) is 0 Å². The minimum Gasteiger partial charge on any atom is -0.388 e. The van der Waals surface area contributed by atoms with Gasteiger partial charge in [0.15, 0.2) is 0 Å². The predicted octanol–water partition coefficient (Wildman–Crippen LogP) is 0.972. The molecular formula is C11H13N5S. The van der Waals surface area contributed by atoms with Crippen LogP contribution in [0.4, 0.5) is 0 Å². The van der Waals surface area contributed by atoms with E-state index < -0.39 is 0 Å². The molecule has 17 heavy (non-hydrogen) atoms. The molecular weight excluding hydrogens is 234 g/mol. The van der Waals surface area contributed by atoms with Gasteiger partial charge in [-0.05, 0) is 19.9 Å². The first-order valence-electron chi connectivity index (χ1n) is 5.19. The van der Waals surface area contributed by atoms with Crippen LogP contribution in [0.15, 0.2) is 18.3 Å². The molecule has 5 nitrogen and oxygen atoms in total. The molecule has 2 rings (SSSR count). The van der Waals surface area contributed by atoms with E-state index in [9.17, 15) is 0 Å². The van der Waals surface area contributed by atoms with Gasteiger partial charge >= 0.3 is 0 Å². The molecule has 0 aliphatic heterocycles. The van der Waals surface area contributed by atoms with Crippen LogP contribution in [0.25, 0.3) is 0 Å². The third kappa shape index (κ3) is 2.47. The van der Waals surface area contributed by atoms with Crippen molar-refractivity contribution in [1.29, 1.82) is 0 Å².